The number of carbonyl (C=O) groups is 1. The van der Waals surface area contributed by atoms with E-state index >= 15 is 0 Å². The minimum absolute atomic E-state index is 0.276. The highest BCUT2D eigenvalue weighted by Gasteiger charge is 2.28. The molecular weight excluding hydrogens is 270 g/mol. The molecule has 3 rings (SSSR count). The predicted molar refractivity (Wildman–Crippen MR) is 79.9 cm³/mol. The van der Waals surface area contributed by atoms with Gasteiger partial charge in [0.25, 0.3) is 0 Å². The van der Waals surface area contributed by atoms with Gasteiger partial charge >= 0.3 is 0 Å². The number of nitrogens with one attached hydrogen (secondary N) is 1. The molecule has 5 heteroatoms. The number of hydrogen-bond acceptors (Lipinski definition) is 3. The van der Waals surface area contributed by atoms with Gasteiger partial charge in [-0.05, 0) is 36.8 Å². The lowest BCUT2D eigenvalue weighted by Gasteiger charge is -2.16. The Hall–Kier alpha value is -1.62. The van der Waals surface area contributed by atoms with Gasteiger partial charge in [-0.1, -0.05) is 6.07 Å². The lowest BCUT2D eigenvalue weighted by Crippen LogP contribution is -2.28. The van der Waals surface area contributed by atoms with Crippen LogP contribution in [0.25, 0.3) is 0 Å². The third-order valence-electron chi connectivity index (χ3n) is 3.98. The standard InChI is InChI=1S/C15H19N3OS/c1-11-9-16-17-15(11)12-6-7-18(10-12)14(19)5-4-13-3-2-8-20-13/h2-3,8-9,12H,4-7,10H2,1H3,(H,16,17). The van der Waals surface area contributed by atoms with Crippen molar-refractivity contribution in [2.24, 2.45) is 0 Å². The quantitative estimate of drug-likeness (QED) is 0.941. The summed E-state index contributed by atoms with van der Waals surface area (Å²) in [5.74, 6) is 0.696. The van der Waals surface area contributed by atoms with Crippen molar-refractivity contribution in [2.45, 2.75) is 32.1 Å². The zero-order valence-corrected chi connectivity index (χ0v) is 12.4. The molecule has 0 spiro atoms. The Morgan fingerprint density at radius 3 is 3.20 bits per heavy atom. The first-order valence-electron chi connectivity index (χ1n) is 7.04. The van der Waals surface area contributed by atoms with Crippen molar-refractivity contribution in [1.82, 2.24) is 15.1 Å². The van der Waals surface area contributed by atoms with Crippen molar-refractivity contribution in [3.63, 3.8) is 0 Å². The fourth-order valence-electron chi connectivity index (χ4n) is 2.84. The molecule has 1 aliphatic rings. The normalized spacial score (nSPS) is 18.6. The number of nitrogens with zero attached hydrogens (tertiary/aromatic N) is 2. The molecular formula is C15H19N3OS. The molecule has 0 aromatic carbocycles. The summed E-state index contributed by atoms with van der Waals surface area (Å²) in [6, 6.07) is 4.13. The number of carbonyl (C=O) groups excluding carboxylic acids is 1. The average Bonchev–Trinajstić information content (AvgIpc) is 3.16. The second-order valence-corrected chi connectivity index (χ2v) is 6.40. The molecule has 1 unspecified atom stereocenters. The lowest BCUT2D eigenvalue weighted by atomic mass is 10.0. The molecule has 2 aromatic heterocycles. The van der Waals surface area contributed by atoms with Crippen LogP contribution in [0, 0.1) is 6.92 Å². The maximum atomic E-state index is 12.2. The van der Waals surface area contributed by atoms with Crippen LogP contribution in [-0.2, 0) is 11.2 Å². The number of H-pyrrole nitrogens is 1. The number of aryl methyl sites for hydroxylation is 2. The van der Waals surface area contributed by atoms with Crippen LogP contribution in [0.5, 0.6) is 0 Å². The Kier molecular flexibility index (Phi) is 3.87. The van der Waals surface area contributed by atoms with Crippen molar-refractivity contribution < 1.29 is 4.79 Å². The van der Waals surface area contributed by atoms with Gasteiger partial charge in [-0.25, -0.2) is 0 Å². The van der Waals surface area contributed by atoms with E-state index in [0.717, 1.165) is 25.9 Å². The molecule has 0 bridgehead atoms. The van der Waals surface area contributed by atoms with E-state index < -0.39 is 0 Å². The van der Waals surface area contributed by atoms with Crippen molar-refractivity contribution in [3.8, 4) is 0 Å². The zero-order chi connectivity index (χ0) is 13.9. The molecule has 20 heavy (non-hydrogen) atoms. The number of amides is 1. The Bertz CT molecular complexity index is 576. The van der Waals surface area contributed by atoms with Crippen molar-refractivity contribution in [2.75, 3.05) is 13.1 Å². The van der Waals surface area contributed by atoms with Gasteiger partial charge in [0.15, 0.2) is 0 Å². The number of hydrogen-bond donors (Lipinski definition) is 1. The predicted octanol–water partition coefficient (Wildman–Crippen LogP) is 2.73. The highest BCUT2D eigenvalue weighted by atomic mass is 32.1. The molecule has 1 atom stereocenters. The molecule has 0 aliphatic carbocycles. The summed E-state index contributed by atoms with van der Waals surface area (Å²) in [5.41, 5.74) is 2.39. The summed E-state index contributed by atoms with van der Waals surface area (Å²) in [4.78, 5) is 15.5. The molecule has 4 nitrogen and oxygen atoms in total. The van der Waals surface area contributed by atoms with Crippen molar-refractivity contribution in [1.29, 1.82) is 0 Å². The molecule has 3 heterocycles. The largest absolute Gasteiger partial charge is 0.342 e. The highest BCUT2D eigenvalue weighted by Crippen LogP contribution is 2.28. The first-order chi connectivity index (χ1) is 9.74. The first-order valence-corrected chi connectivity index (χ1v) is 7.92. The first kappa shape index (κ1) is 13.4. The minimum atomic E-state index is 0.276. The molecule has 1 fully saturated rings. The molecule has 1 aliphatic heterocycles. The summed E-state index contributed by atoms with van der Waals surface area (Å²) in [5, 5.41) is 9.22. The Morgan fingerprint density at radius 1 is 1.60 bits per heavy atom. The van der Waals surface area contributed by atoms with Crippen LogP contribution in [-0.4, -0.2) is 34.1 Å². The van der Waals surface area contributed by atoms with E-state index in [9.17, 15) is 4.79 Å². The van der Waals surface area contributed by atoms with Crippen LogP contribution in [0.3, 0.4) is 0 Å². The Labute approximate surface area is 122 Å². The molecule has 106 valence electrons. The maximum Gasteiger partial charge on any atom is 0.222 e. The topological polar surface area (TPSA) is 49.0 Å². The lowest BCUT2D eigenvalue weighted by molar-refractivity contribution is -0.130. The second kappa shape index (κ2) is 5.79. The summed E-state index contributed by atoms with van der Waals surface area (Å²) in [7, 11) is 0. The summed E-state index contributed by atoms with van der Waals surface area (Å²) in [6.07, 6.45) is 4.38. The van der Waals surface area contributed by atoms with Crippen molar-refractivity contribution >= 4 is 17.2 Å². The number of likely N-dealkylation sites (tertiary alicyclic amines) is 1. The highest BCUT2D eigenvalue weighted by molar-refractivity contribution is 7.09. The average molecular weight is 289 g/mol. The molecule has 1 N–H and O–H groups in total. The van der Waals surface area contributed by atoms with Crippen LogP contribution < -0.4 is 0 Å². The fraction of sp³-hybridized carbons (Fsp3) is 0.467. The fourth-order valence-corrected chi connectivity index (χ4v) is 3.54. The number of thiophene rings is 1. The summed E-state index contributed by atoms with van der Waals surface area (Å²) in [6.45, 7) is 3.76. The second-order valence-electron chi connectivity index (χ2n) is 5.37. The summed E-state index contributed by atoms with van der Waals surface area (Å²) >= 11 is 1.72. The molecule has 2 aromatic rings. The molecule has 0 saturated carbocycles. The van der Waals surface area contributed by atoms with E-state index in [2.05, 4.69) is 28.6 Å². The van der Waals surface area contributed by atoms with E-state index in [0.29, 0.717) is 12.3 Å². The number of rotatable bonds is 4. The number of aromatic amines is 1. The SMILES string of the molecule is Cc1cn[nH]c1C1CCN(C(=O)CCc2cccs2)C1. The Morgan fingerprint density at radius 2 is 2.50 bits per heavy atom. The van der Waals surface area contributed by atoms with Gasteiger partial charge in [-0.15, -0.1) is 11.3 Å². The van der Waals surface area contributed by atoms with Gasteiger partial charge in [-0.3, -0.25) is 9.89 Å². The van der Waals surface area contributed by atoms with E-state index in [1.54, 1.807) is 11.3 Å². The van der Waals surface area contributed by atoms with Crippen LogP contribution in [0.15, 0.2) is 23.7 Å². The third kappa shape index (κ3) is 2.77. The smallest absolute Gasteiger partial charge is 0.222 e. The van der Waals surface area contributed by atoms with Gasteiger partial charge < -0.3 is 4.90 Å². The van der Waals surface area contributed by atoms with E-state index in [4.69, 9.17) is 0 Å². The number of aromatic nitrogens is 2. The Balaban J connectivity index is 1.54. The van der Waals surface area contributed by atoms with Gasteiger partial charge in [0.1, 0.15) is 0 Å². The monoisotopic (exact) mass is 289 g/mol. The zero-order valence-electron chi connectivity index (χ0n) is 11.6. The van der Waals surface area contributed by atoms with Gasteiger partial charge in [0.2, 0.25) is 5.91 Å². The molecule has 0 radical (unpaired) electrons. The van der Waals surface area contributed by atoms with Crippen molar-refractivity contribution in [3.05, 3.63) is 39.8 Å². The maximum absolute atomic E-state index is 12.2. The summed E-state index contributed by atoms with van der Waals surface area (Å²) < 4.78 is 0. The molecule has 1 amide bonds. The molecule has 1 saturated heterocycles. The van der Waals surface area contributed by atoms with E-state index in [-0.39, 0.29) is 5.91 Å². The van der Waals surface area contributed by atoms with Gasteiger partial charge in [0.05, 0.1) is 6.20 Å². The minimum Gasteiger partial charge on any atom is -0.342 e. The van der Waals surface area contributed by atoms with E-state index in [1.807, 2.05) is 17.2 Å². The van der Waals surface area contributed by atoms with Gasteiger partial charge in [0, 0.05) is 36.0 Å². The van der Waals surface area contributed by atoms with Crippen LogP contribution in [0.2, 0.25) is 0 Å². The van der Waals surface area contributed by atoms with Crippen LogP contribution in [0.1, 0.15) is 34.9 Å². The van der Waals surface area contributed by atoms with E-state index in [1.165, 1.54) is 16.1 Å². The van der Waals surface area contributed by atoms with Crippen LogP contribution in [0.4, 0.5) is 0 Å². The third-order valence-corrected chi connectivity index (χ3v) is 4.92. The van der Waals surface area contributed by atoms with Gasteiger partial charge in [-0.2, -0.15) is 5.10 Å². The van der Waals surface area contributed by atoms with Crippen LogP contribution >= 0.6 is 11.3 Å².